The summed E-state index contributed by atoms with van der Waals surface area (Å²) in [4.78, 5) is 16.5. The minimum absolute atomic E-state index is 0.0472. The number of hydrogen-bond acceptors (Lipinski definition) is 6. The van der Waals surface area contributed by atoms with Crippen LogP contribution in [0.4, 0.5) is 0 Å². The second-order valence-electron chi connectivity index (χ2n) is 4.66. The van der Waals surface area contributed by atoms with Gasteiger partial charge >= 0.3 is 5.97 Å². The maximum atomic E-state index is 12.1. The molecule has 0 amide bonds. The number of pyridine rings is 1. The number of carbonyl (C=O) groups excluding carboxylic acids is 1. The molecule has 0 bridgehead atoms. The largest absolute Gasteiger partial charge is 0.466 e. The van der Waals surface area contributed by atoms with Crippen molar-refractivity contribution in [2.45, 2.75) is 20.5 Å². The molecule has 0 unspecified atom stereocenters. The third kappa shape index (κ3) is 3.03. The van der Waals surface area contributed by atoms with E-state index in [0.717, 1.165) is 0 Å². The lowest BCUT2D eigenvalue weighted by Crippen LogP contribution is -2.12. The minimum Gasteiger partial charge on any atom is -0.466 e. The Hall–Kier alpha value is -2.18. The topological polar surface area (TPSA) is 77.9 Å². The Morgan fingerprint density at radius 3 is 2.77 bits per heavy atom. The lowest BCUT2D eigenvalue weighted by atomic mass is 10.0. The Balaban J connectivity index is 2.70. The van der Waals surface area contributed by atoms with Crippen LogP contribution in [0.1, 0.15) is 28.5 Å². The van der Waals surface area contributed by atoms with Crippen molar-refractivity contribution in [1.82, 2.24) is 4.98 Å². The molecule has 1 heterocycles. The molecule has 1 N–H and O–H groups in total. The zero-order valence-corrected chi connectivity index (χ0v) is 12.9. The van der Waals surface area contributed by atoms with Crippen molar-refractivity contribution in [2.24, 2.45) is 0 Å². The first-order valence-electron chi connectivity index (χ1n) is 6.95. The fourth-order valence-corrected chi connectivity index (χ4v) is 2.24. The Kier molecular flexibility index (Phi) is 5.30. The summed E-state index contributed by atoms with van der Waals surface area (Å²) in [7, 11) is 1.52. The van der Waals surface area contributed by atoms with Crippen LogP contribution in [-0.2, 0) is 16.1 Å². The molecule has 6 nitrogen and oxygen atoms in total. The van der Waals surface area contributed by atoms with Crippen LogP contribution >= 0.6 is 0 Å². The number of benzene rings is 1. The van der Waals surface area contributed by atoms with Crippen molar-refractivity contribution in [1.29, 1.82) is 0 Å². The van der Waals surface area contributed by atoms with Gasteiger partial charge in [0.15, 0.2) is 12.5 Å². The number of carbonyl (C=O) groups is 1. The van der Waals surface area contributed by atoms with Crippen LogP contribution in [0, 0.1) is 6.92 Å². The van der Waals surface area contributed by atoms with Crippen LogP contribution in [0.2, 0.25) is 0 Å². The maximum absolute atomic E-state index is 12.1. The summed E-state index contributed by atoms with van der Waals surface area (Å²) in [5.41, 5.74) is 1.90. The summed E-state index contributed by atoms with van der Waals surface area (Å²) in [6.07, 6.45) is 0. The SMILES string of the molecule is CCOC(=O)c1nc2c(CO)cccc2c(OCOC)c1C. The number of esters is 1. The standard InChI is InChI=1S/C16H19NO5/c1-4-21-16(19)13-10(2)15(22-9-20-3)12-7-5-6-11(8-18)14(12)17-13/h5-7,18H,4,8-9H2,1-3H3. The van der Waals surface area contributed by atoms with Crippen molar-refractivity contribution in [2.75, 3.05) is 20.5 Å². The molecule has 6 heteroatoms. The van der Waals surface area contributed by atoms with Crippen LogP contribution in [0.3, 0.4) is 0 Å². The number of aliphatic hydroxyl groups excluding tert-OH is 1. The number of para-hydroxylation sites is 1. The molecular formula is C16H19NO5. The highest BCUT2D eigenvalue weighted by molar-refractivity contribution is 5.97. The van der Waals surface area contributed by atoms with E-state index in [-0.39, 0.29) is 25.7 Å². The Morgan fingerprint density at radius 1 is 1.36 bits per heavy atom. The van der Waals surface area contributed by atoms with Crippen LogP contribution in [0.25, 0.3) is 10.9 Å². The second kappa shape index (κ2) is 7.20. The molecule has 0 radical (unpaired) electrons. The van der Waals surface area contributed by atoms with E-state index < -0.39 is 5.97 Å². The van der Waals surface area contributed by atoms with Crippen molar-refractivity contribution >= 4 is 16.9 Å². The molecule has 2 rings (SSSR count). The normalized spacial score (nSPS) is 10.7. The highest BCUT2D eigenvalue weighted by atomic mass is 16.7. The van der Waals surface area contributed by atoms with E-state index in [9.17, 15) is 9.90 Å². The van der Waals surface area contributed by atoms with Gasteiger partial charge in [0.05, 0.1) is 18.7 Å². The summed E-state index contributed by atoms with van der Waals surface area (Å²) in [5.74, 6) is -0.0119. The minimum atomic E-state index is -0.517. The van der Waals surface area contributed by atoms with E-state index in [0.29, 0.717) is 27.8 Å². The summed E-state index contributed by atoms with van der Waals surface area (Å²) in [6.45, 7) is 3.60. The highest BCUT2D eigenvalue weighted by Gasteiger charge is 2.20. The first-order valence-corrected chi connectivity index (χ1v) is 6.95. The number of ether oxygens (including phenoxy) is 3. The van der Waals surface area contributed by atoms with E-state index in [4.69, 9.17) is 14.2 Å². The van der Waals surface area contributed by atoms with Crippen molar-refractivity contribution < 1.29 is 24.1 Å². The molecule has 0 fully saturated rings. The fourth-order valence-electron chi connectivity index (χ4n) is 2.24. The van der Waals surface area contributed by atoms with E-state index in [1.807, 2.05) is 6.07 Å². The van der Waals surface area contributed by atoms with Crippen molar-refractivity contribution in [3.05, 3.63) is 35.0 Å². The second-order valence-corrected chi connectivity index (χ2v) is 4.66. The zero-order chi connectivity index (χ0) is 16.1. The summed E-state index contributed by atoms with van der Waals surface area (Å²) in [6, 6.07) is 5.38. The van der Waals surface area contributed by atoms with Crippen LogP contribution in [-0.4, -0.2) is 36.6 Å². The predicted molar refractivity (Wildman–Crippen MR) is 80.9 cm³/mol. The van der Waals surface area contributed by atoms with E-state index in [1.54, 1.807) is 26.0 Å². The smallest absolute Gasteiger partial charge is 0.357 e. The molecule has 118 valence electrons. The molecule has 22 heavy (non-hydrogen) atoms. The molecule has 2 aromatic rings. The van der Waals surface area contributed by atoms with Gasteiger partial charge < -0.3 is 19.3 Å². The molecule has 0 saturated carbocycles. The molecular weight excluding hydrogens is 286 g/mol. The van der Waals surface area contributed by atoms with Gasteiger partial charge in [-0.2, -0.15) is 0 Å². The first-order chi connectivity index (χ1) is 10.6. The molecule has 0 saturated heterocycles. The molecule has 0 atom stereocenters. The summed E-state index contributed by atoms with van der Waals surface area (Å²) in [5, 5.41) is 10.2. The van der Waals surface area contributed by atoms with Crippen molar-refractivity contribution in [3.63, 3.8) is 0 Å². The fraction of sp³-hybridized carbons (Fsp3) is 0.375. The van der Waals surface area contributed by atoms with Gasteiger partial charge in [0.2, 0.25) is 0 Å². The maximum Gasteiger partial charge on any atom is 0.357 e. The quantitative estimate of drug-likeness (QED) is 0.651. The van der Waals surface area contributed by atoms with Crippen LogP contribution in [0.15, 0.2) is 18.2 Å². The average molecular weight is 305 g/mol. The molecule has 0 aliphatic heterocycles. The number of hydrogen-bond donors (Lipinski definition) is 1. The molecule has 0 spiro atoms. The summed E-state index contributed by atoms with van der Waals surface area (Å²) < 4.78 is 15.6. The Labute approximate surface area is 128 Å². The van der Waals surface area contributed by atoms with E-state index in [2.05, 4.69) is 4.98 Å². The number of fused-ring (bicyclic) bond motifs is 1. The highest BCUT2D eigenvalue weighted by Crippen LogP contribution is 2.32. The van der Waals surface area contributed by atoms with E-state index in [1.165, 1.54) is 7.11 Å². The Bertz CT molecular complexity index is 684. The molecule has 1 aromatic carbocycles. The average Bonchev–Trinajstić information content (AvgIpc) is 2.53. The monoisotopic (exact) mass is 305 g/mol. The van der Waals surface area contributed by atoms with E-state index >= 15 is 0 Å². The third-order valence-electron chi connectivity index (χ3n) is 3.24. The summed E-state index contributed by atoms with van der Waals surface area (Å²) >= 11 is 0. The third-order valence-corrected chi connectivity index (χ3v) is 3.24. The number of methoxy groups -OCH3 is 1. The van der Waals surface area contributed by atoms with Gasteiger partial charge in [0.25, 0.3) is 0 Å². The lowest BCUT2D eigenvalue weighted by molar-refractivity contribution is 0.0487. The van der Waals surface area contributed by atoms with Gasteiger partial charge in [0.1, 0.15) is 5.75 Å². The number of aromatic nitrogens is 1. The van der Waals surface area contributed by atoms with Crippen molar-refractivity contribution in [3.8, 4) is 5.75 Å². The predicted octanol–water partition coefficient (Wildman–Crippen LogP) is 2.19. The van der Waals surface area contributed by atoms with Gasteiger partial charge in [-0.3, -0.25) is 0 Å². The van der Waals surface area contributed by atoms with Gasteiger partial charge in [0, 0.05) is 23.6 Å². The van der Waals surface area contributed by atoms with Crippen LogP contribution in [0.5, 0.6) is 5.75 Å². The molecule has 0 aliphatic rings. The zero-order valence-electron chi connectivity index (χ0n) is 12.9. The van der Waals surface area contributed by atoms with Gasteiger partial charge in [-0.15, -0.1) is 0 Å². The number of rotatable bonds is 6. The van der Waals surface area contributed by atoms with Gasteiger partial charge in [-0.1, -0.05) is 12.1 Å². The molecule has 0 aliphatic carbocycles. The van der Waals surface area contributed by atoms with Gasteiger partial charge in [-0.05, 0) is 19.9 Å². The Morgan fingerprint density at radius 2 is 2.14 bits per heavy atom. The first kappa shape index (κ1) is 16.2. The number of nitrogens with zero attached hydrogens (tertiary/aromatic N) is 1. The van der Waals surface area contributed by atoms with Crippen LogP contribution < -0.4 is 4.74 Å². The van der Waals surface area contributed by atoms with Gasteiger partial charge in [-0.25, -0.2) is 9.78 Å². The number of aliphatic hydroxyl groups is 1. The molecule has 1 aromatic heterocycles. The lowest BCUT2D eigenvalue weighted by Gasteiger charge is -2.15.